The molecule has 0 radical (unpaired) electrons. The molecule has 7 aromatic carbocycles. The molecule has 0 spiro atoms. The minimum atomic E-state index is -2.00. The van der Waals surface area contributed by atoms with Crippen LogP contribution in [0.3, 0.4) is 0 Å². The van der Waals surface area contributed by atoms with E-state index < -0.39 is 8.07 Å². The molecule has 0 atom stereocenters. The van der Waals surface area contributed by atoms with Gasteiger partial charge < -0.3 is 13.6 Å². The predicted octanol–water partition coefficient (Wildman–Crippen LogP) is 10.3. The second-order valence-electron chi connectivity index (χ2n) is 14.4. The summed E-state index contributed by atoms with van der Waals surface area (Å²) in [6.07, 6.45) is 0. The number of hydrogen-bond donors (Lipinski definition) is 0. The zero-order valence-electron chi connectivity index (χ0n) is 28.4. The number of nitriles is 2. The van der Waals surface area contributed by atoms with E-state index >= 15 is 0 Å². The summed E-state index contributed by atoms with van der Waals surface area (Å²) < 4.78 is 11.0. The first-order chi connectivity index (χ1) is 25.4. The van der Waals surface area contributed by atoms with E-state index in [-0.39, 0.29) is 0 Å². The van der Waals surface area contributed by atoms with Crippen molar-refractivity contribution in [2.24, 2.45) is 0 Å². The fraction of sp³-hybridized carbons (Fsp3) is 0.0435. The van der Waals surface area contributed by atoms with Crippen molar-refractivity contribution in [2.75, 3.05) is 0 Å². The van der Waals surface area contributed by atoms with Crippen LogP contribution < -0.4 is 10.4 Å². The highest BCUT2D eigenvalue weighted by Crippen LogP contribution is 2.40. The van der Waals surface area contributed by atoms with E-state index in [9.17, 15) is 10.5 Å². The van der Waals surface area contributed by atoms with Crippen LogP contribution in [0.1, 0.15) is 11.1 Å². The zero-order valence-corrected chi connectivity index (χ0v) is 29.4. The smallest absolute Gasteiger partial charge is 0.136 e. The molecule has 0 bridgehead atoms. The van der Waals surface area contributed by atoms with Gasteiger partial charge in [-0.05, 0) is 106 Å². The molecular weight excluding hydrogens is 653 g/mol. The fourth-order valence-corrected chi connectivity index (χ4v) is 12.0. The van der Waals surface area contributed by atoms with Gasteiger partial charge in [0.05, 0.1) is 45.3 Å². The third-order valence-corrected chi connectivity index (χ3v) is 14.9. The molecule has 6 heteroatoms. The first-order valence-corrected chi connectivity index (χ1v) is 20.5. The van der Waals surface area contributed by atoms with Gasteiger partial charge in [-0.25, -0.2) is 0 Å². The second-order valence-corrected chi connectivity index (χ2v) is 18.8. The molecule has 11 rings (SSSR count). The van der Waals surface area contributed by atoms with Crippen LogP contribution in [0, 0.1) is 22.7 Å². The Morgan fingerprint density at radius 1 is 0.462 bits per heavy atom. The van der Waals surface area contributed by atoms with E-state index in [2.05, 4.69) is 119 Å². The van der Waals surface area contributed by atoms with E-state index in [4.69, 9.17) is 4.42 Å². The number of fused-ring (bicyclic) bond motifs is 12. The normalized spacial score (nSPS) is 13.3. The molecule has 4 heterocycles. The highest BCUT2D eigenvalue weighted by Gasteiger charge is 2.38. The SMILES string of the molecule is C[Si]1(C)c2ccc(-n3c4ccc(C#N)cc4c4cc(C#N)ccc43)cc2-c2cc(-n3c4ccccc4c4cc5oc6ccccc6c5cc43)ccc21. The number of nitrogens with zero attached hydrogens (tertiary/aromatic N) is 4. The van der Waals surface area contributed by atoms with Gasteiger partial charge in [0.2, 0.25) is 0 Å². The minimum Gasteiger partial charge on any atom is -0.456 e. The Balaban J connectivity index is 1.16. The van der Waals surface area contributed by atoms with Gasteiger partial charge in [-0.15, -0.1) is 0 Å². The van der Waals surface area contributed by atoms with Crippen LogP contribution in [-0.4, -0.2) is 17.2 Å². The molecule has 52 heavy (non-hydrogen) atoms. The Morgan fingerprint density at radius 2 is 1.00 bits per heavy atom. The third kappa shape index (κ3) is 3.74. The molecule has 0 saturated heterocycles. The summed E-state index contributed by atoms with van der Waals surface area (Å²) in [5.74, 6) is 0. The molecule has 0 unspecified atom stereocenters. The van der Waals surface area contributed by atoms with Gasteiger partial charge in [0.25, 0.3) is 0 Å². The van der Waals surface area contributed by atoms with Crippen molar-refractivity contribution in [3.8, 4) is 34.6 Å². The Kier molecular flexibility index (Phi) is 5.62. The molecule has 0 aliphatic carbocycles. The number of para-hydroxylation sites is 2. The number of rotatable bonds is 2. The fourth-order valence-electron chi connectivity index (χ4n) is 8.93. The van der Waals surface area contributed by atoms with E-state index in [1.54, 1.807) is 0 Å². The van der Waals surface area contributed by atoms with Crippen molar-refractivity contribution in [1.82, 2.24) is 9.13 Å². The van der Waals surface area contributed by atoms with Crippen molar-refractivity contribution in [3.63, 3.8) is 0 Å². The van der Waals surface area contributed by atoms with Crippen molar-refractivity contribution >= 4 is 84.0 Å². The molecule has 0 amide bonds. The van der Waals surface area contributed by atoms with Gasteiger partial charge in [-0.1, -0.05) is 61.6 Å². The number of benzene rings is 7. The van der Waals surface area contributed by atoms with Crippen LogP contribution in [0.5, 0.6) is 0 Å². The van der Waals surface area contributed by atoms with Crippen molar-refractivity contribution in [2.45, 2.75) is 13.1 Å². The van der Waals surface area contributed by atoms with Crippen molar-refractivity contribution in [1.29, 1.82) is 10.5 Å². The molecule has 5 nitrogen and oxygen atoms in total. The van der Waals surface area contributed by atoms with Gasteiger partial charge in [-0.3, -0.25) is 0 Å². The maximum absolute atomic E-state index is 9.72. The molecule has 1 aliphatic heterocycles. The summed E-state index contributed by atoms with van der Waals surface area (Å²) in [5.41, 5.74) is 12.1. The first kappa shape index (κ1) is 28.9. The lowest BCUT2D eigenvalue weighted by molar-refractivity contribution is 0.669. The molecule has 10 aromatic rings. The highest BCUT2D eigenvalue weighted by atomic mass is 28.3. The average molecular weight is 681 g/mol. The topological polar surface area (TPSA) is 70.6 Å². The predicted molar refractivity (Wildman–Crippen MR) is 214 cm³/mol. The van der Waals surface area contributed by atoms with Crippen LogP contribution in [0.2, 0.25) is 13.1 Å². The molecule has 0 N–H and O–H groups in total. The zero-order chi connectivity index (χ0) is 34.9. The summed E-state index contributed by atoms with van der Waals surface area (Å²) in [4.78, 5) is 0. The van der Waals surface area contributed by atoms with Crippen LogP contribution in [0.25, 0.3) is 88.1 Å². The largest absolute Gasteiger partial charge is 0.456 e. The molecule has 242 valence electrons. The minimum absolute atomic E-state index is 0.601. The Hall–Kier alpha value is -6.86. The van der Waals surface area contributed by atoms with E-state index in [1.807, 2.05) is 48.5 Å². The highest BCUT2D eigenvalue weighted by molar-refractivity contribution is 7.03. The average Bonchev–Trinajstić information content (AvgIpc) is 3.88. The van der Waals surface area contributed by atoms with Crippen LogP contribution in [0.15, 0.2) is 138 Å². The number of hydrogen-bond acceptors (Lipinski definition) is 3. The Labute approximate surface area is 299 Å². The van der Waals surface area contributed by atoms with Crippen LogP contribution >= 0.6 is 0 Å². The quantitative estimate of drug-likeness (QED) is 0.171. The maximum atomic E-state index is 9.72. The Bertz CT molecular complexity index is 3240. The second kappa shape index (κ2) is 10.1. The summed E-state index contributed by atoms with van der Waals surface area (Å²) in [5, 5.41) is 28.8. The molecule has 1 aliphatic rings. The summed E-state index contributed by atoms with van der Waals surface area (Å²) in [6.45, 7) is 4.90. The van der Waals surface area contributed by atoms with Gasteiger partial charge >= 0.3 is 0 Å². The Morgan fingerprint density at radius 3 is 1.63 bits per heavy atom. The van der Waals surface area contributed by atoms with Gasteiger partial charge in [-0.2, -0.15) is 10.5 Å². The maximum Gasteiger partial charge on any atom is 0.136 e. The summed E-state index contributed by atoms with van der Waals surface area (Å²) in [7, 11) is -2.00. The lowest BCUT2D eigenvalue weighted by Crippen LogP contribution is -2.49. The van der Waals surface area contributed by atoms with Crippen LogP contribution in [0.4, 0.5) is 0 Å². The van der Waals surface area contributed by atoms with Crippen molar-refractivity contribution in [3.05, 3.63) is 145 Å². The lowest BCUT2D eigenvalue weighted by atomic mass is 10.0. The van der Waals surface area contributed by atoms with Gasteiger partial charge in [0.15, 0.2) is 0 Å². The van der Waals surface area contributed by atoms with Crippen LogP contribution in [-0.2, 0) is 0 Å². The summed E-state index contributed by atoms with van der Waals surface area (Å²) >= 11 is 0. The molecule has 0 fully saturated rings. The third-order valence-electron chi connectivity index (χ3n) is 11.4. The number of aromatic nitrogens is 2. The molecule has 3 aromatic heterocycles. The summed E-state index contributed by atoms with van der Waals surface area (Å²) in [6, 6.07) is 51.7. The molecular formula is C46H28N4OSi. The first-order valence-electron chi connectivity index (χ1n) is 17.5. The number of furan rings is 1. The standard InChI is InChI=1S/C46H28N4OSi/c1-52(2)45-17-13-29(49-40-15-11-27(25-47)19-33(40)34-20-28(26-48)12-16-41(34)49)21-37(45)38-22-30(14-18-46(38)52)50-39-9-5-3-7-31(39)35-24-44-36(23-42(35)50)32-8-4-6-10-43(32)51-44/h3-24H,1-2H3. The lowest BCUT2D eigenvalue weighted by Gasteiger charge is -2.19. The molecule has 0 saturated carbocycles. The van der Waals surface area contributed by atoms with E-state index in [1.165, 1.54) is 32.3 Å². The van der Waals surface area contributed by atoms with E-state index in [0.717, 1.165) is 66.2 Å². The van der Waals surface area contributed by atoms with Gasteiger partial charge in [0, 0.05) is 43.7 Å². The monoisotopic (exact) mass is 680 g/mol. The van der Waals surface area contributed by atoms with E-state index in [0.29, 0.717) is 11.1 Å². The van der Waals surface area contributed by atoms with Crippen molar-refractivity contribution < 1.29 is 4.42 Å². The van der Waals surface area contributed by atoms with Gasteiger partial charge in [0.1, 0.15) is 19.2 Å².